The lowest BCUT2D eigenvalue weighted by atomic mass is 10.1. The second kappa shape index (κ2) is 5.97. The Kier molecular flexibility index (Phi) is 4.32. The first kappa shape index (κ1) is 13.7. The Morgan fingerprint density at radius 2 is 1.63 bits per heavy atom. The number of carbonyl (C=O) groups is 2. The fourth-order valence-electron chi connectivity index (χ4n) is 2.09. The Balaban J connectivity index is 1.87. The second-order valence-electron chi connectivity index (χ2n) is 5.17. The molecule has 0 aliphatic carbocycles. The van der Waals surface area contributed by atoms with Crippen LogP contribution in [0, 0.1) is 5.92 Å². The van der Waals surface area contributed by atoms with E-state index in [0.29, 0.717) is 23.7 Å². The van der Waals surface area contributed by atoms with Gasteiger partial charge in [-0.15, -0.1) is 5.06 Å². The summed E-state index contributed by atoms with van der Waals surface area (Å²) in [5, 5.41) is 0.889. The maximum absolute atomic E-state index is 12.0. The van der Waals surface area contributed by atoms with E-state index in [-0.39, 0.29) is 11.8 Å². The molecule has 2 rings (SSSR count). The highest BCUT2D eigenvalue weighted by Crippen LogP contribution is 2.22. The molecule has 2 amide bonds. The molecule has 0 radical (unpaired) electrons. The van der Waals surface area contributed by atoms with Crippen molar-refractivity contribution in [1.29, 1.82) is 0 Å². The molecule has 1 aromatic rings. The van der Waals surface area contributed by atoms with Crippen LogP contribution in [0.25, 0.3) is 0 Å². The summed E-state index contributed by atoms with van der Waals surface area (Å²) >= 11 is 0. The maximum atomic E-state index is 12.0. The van der Waals surface area contributed by atoms with E-state index >= 15 is 0 Å². The molecule has 19 heavy (non-hydrogen) atoms. The Labute approximate surface area is 113 Å². The Hall–Kier alpha value is -1.68. The van der Waals surface area contributed by atoms with Gasteiger partial charge in [0.15, 0.2) is 0 Å². The van der Waals surface area contributed by atoms with Crippen molar-refractivity contribution < 1.29 is 14.4 Å². The van der Waals surface area contributed by atoms with E-state index in [4.69, 9.17) is 4.84 Å². The molecule has 0 fully saturated rings. The minimum atomic E-state index is -0.357. The van der Waals surface area contributed by atoms with Gasteiger partial charge >= 0.3 is 0 Å². The molecular weight excluding hydrogens is 242 g/mol. The van der Waals surface area contributed by atoms with E-state index in [9.17, 15) is 9.59 Å². The van der Waals surface area contributed by atoms with Crippen molar-refractivity contribution in [3.8, 4) is 0 Å². The lowest BCUT2D eigenvalue weighted by Gasteiger charge is -2.13. The van der Waals surface area contributed by atoms with Gasteiger partial charge in [-0.25, -0.2) is 0 Å². The molecular formula is C15H19NO3. The molecule has 102 valence electrons. The number of imide groups is 1. The summed E-state index contributed by atoms with van der Waals surface area (Å²) < 4.78 is 0. The van der Waals surface area contributed by atoms with Gasteiger partial charge in [0.25, 0.3) is 11.8 Å². The van der Waals surface area contributed by atoms with E-state index in [2.05, 4.69) is 13.8 Å². The number of amides is 2. The van der Waals surface area contributed by atoms with Crippen molar-refractivity contribution in [3.05, 3.63) is 35.4 Å². The fraction of sp³-hybridized carbons (Fsp3) is 0.467. The highest BCUT2D eigenvalue weighted by atomic mass is 16.7. The minimum absolute atomic E-state index is 0.357. The van der Waals surface area contributed by atoms with Gasteiger partial charge in [0.05, 0.1) is 17.7 Å². The van der Waals surface area contributed by atoms with Crippen LogP contribution in [0.5, 0.6) is 0 Å². The first-order valence-corrected chi connectivity index (χ1v) is 6.72. The van der Waals surface area contributed by atoms with E-state index in [0.717, 1.165) is 24.3 Å². The quantitative estimate of drug-likeness (QED) is 0.584. The van der Waals surface area contributed by atoms with Gasteiger partial charge in [0, 0.05) is 0 Å². The number of unbranched alkanes of at least 4 members (excludes halogenated alkanes) is 1. The predicted octanol–water partition coefficient (Wildman–Crippen LogP) is 3.04. The molecule has 4 heteroatoms. The number of nitrogens with zero attached hydrogens (tertiary/aromatic N) is 1. The minimum Gasteiger partial charge on any atom is -0.266 e. The monoisotopic (exact) mass is 261 g/mol. The highest BCUT2D eigenvalue weighted by Gasteiger charge is 2.36. The third-order valence-corrected chi connectivity index (χ3v) is 3.15. The largest absolute Gasteiger partial charge is 0.285 e. The average molecular weight is 261 g/mol. The van der Waals surface area contributed by atoms with Crippen molar-refractivity contribution in [2.75, 3.05) is 6.61 Å². The Bertz CT molecular complexity index is 447. The fourth-order valence-corrected chi connectivity index (χ4v) is 2.09. The smallest absolute Gasteiger partial charge is 0.266 e. The van der Waals surface area contributed by atoms with Gasteiger partial charge in [0.2, 0.25) is 0 Å². The molecule has 4 nitrogen and oxygen atoms in total. The molecule has 0 aromatic heterocycles. The lowest BCUT2D eigenvalue weighted by Crippen LogP contribution is -2.30. The number of hydroxylamine groups is 2. The van der Waals surface area contributed by atoms with Crippen LogP contribution in [-0.4, -0.2) is 23.5 Å². The Morgan fingerprint density at radius 3 is 2.16 bits per heavy atom. The molecule has 0 saturated carbocycles. The van der Waals surface area contributed by atoms with Crippen LogP contribution in [-0.2, 0) is 4.84 Å². The zero-order chi connectivity index (χ0) is 13.8. The number of benzene rings is 1. The van der Waals surface area contributed by atoms with E-state index in [1.807, 2.05) is 0 Å². The number of hydrogen-bond donors (Lipinski definition) is 0. The second-order valence-corrected chi connectivity index (χ2v) is 5.17. The molecule has 0 bridgehead atoms. The molecule has 1 aromatic carbocycles. The van der Waals surface area contributed by atoms with Gasteiger partial charge in [-0.05, 0) is 24.5 Å². The standard InChI is InChI=1S/C15H19NO3/c1-11(2)7-5-6-10-19-16-14(17)12-8-3-4-9-13(12)15(16)18/h3-4,8-9,11H,5-7,10H2,1-2H3. The topological polar surface area (TPSA) is 46.6 Å². The lowest BCUT2D eigenvalue weighted by molar-refractivity contribution is -0.0923. The summed E-state index contributed by atoms with van der Waals surface area (Å²) in [5.41, 5.74) is 0.851. The van der Waals surface area contributed by atoms with Crippen LogP contribution in [0.15, 0.2) is 24.3 Å². The number of rotatable bonds is 6. The van der Waals surface area contributed by atoms with Crippen molar-refractivity contribution in [1.82, 2.24) is 5.06 Å². The van der Waals surface area contributed by atoms with Crippen LogP contribution in [0.4, 0.5) is 0 Å². The molecule has 1 aliphatic heterocycles. The number of carbonyl (C=O) groups excluding carboxylic acids is 2. The predicted molar refractivity (Wildman–Crippen MR) is 71.6 cm³/mol. The number of fused-ring (bicyclic) bond motifs is 1. The SMILES string of the molecule is CC(C)CCCCON1C(=O)c2ccccc2C1=O. The summed E-state index contributed by atoms with van der Waals surface area (Å²) in [6.07, 6.45) is 3.03. The average Bonchev–Trinajstić information content (AvgIpc) is 2.63. The normalized spacial score (nSPS) is 14.4. The summed E-state index contributed by atoms with van der Waals surface area (Å²) in [6, 6.07) is 6.79. The van der Waals surface area contributed by atoms with Gasteiger partial charge in [-0.2, -0.15) is 0 Å². The molecule has 0 spiro atoms. The Morgan fingerprint density at radius 1 is 1.05 bits per heavy atom. The van der Waals surface area contributed by atoms with Crippen LogP contribution in [0.1, 0.15) is 53.8 Å². The molecule has 0 unspecified atom stereocenters. The highest BCUT2D eigenvalue weighted by molar-refractivity contribution is 6.20. The van der Waals surface area contributed by atoms with Crippen LogP contribution >= 0.6 is 0 Å². The van der Waals surface area contributed by atoms with Crippen LogP contribution in [0.3, 0.4) is 0 Å². The molecule has 0 atom stereocenters. The zero-order valence-electron chi connectivity index (χ0n) is 11.4. The van der Waals surface area contributed by atoms with Gasteiger partial charge in [0.1, 0.15) is 0 Å². The summed E-state index contributed by atoms with van der Waals surface area (Å²) in [7, 11) is 0. The van der Waals surface area contributed by atoms with Crippen molar-refractivity contribution >= 4 is 11.8 Å². The summed E-state index contributed by atoms with van der Waals surface area (Å²) in [4.78, 5) is 29.2. The van der Waals surface area contributed by atoms with E-state index in [1.54, 1.807) is 24.3 Å². The summed E-state index contributed by atoms with van der Waals surface area (Å²) in [5.74, 6) is -0.0479. The number of hydrogen-bond acceptors (Lipinski definition) is 3. The van der Waals surface area contributed by atoms with Crippen LogP contribution in [0.2, 0.25) is 0 Å². The first-order chi connectivity index (χ1) is 9.11. The van der Waals surface area contributed by atoms with Gasteiger partial charge in [-0.3, -0.25) is 14.4 Å². The van der Waals surface area contributed by atoms with E-state index in [1.165, 1.54) is 0 Å². The molecule has 0 N–H and O–H groups in total. The van der Waals surface area contributed by atoms with Crippen molar-refractivity contribution in [2.45, 2.75) is 33.1 Å². The first-order valence-electron chi connectivity index (χ1n) is 6.72. The third kappa shape index (κ3) is 3.01. The third-order valence-electron chi connectivity index (χ3n) is 3.15. The molecule has 1 heterocycles. The van der Waals surface area contributed by atoms with Crippen LogP contribution < -0.4 is 0 Å². The van der Waals surface area contributed by atoms with Gasteiger partial charge < -0.3 is 0 Å². The van der Waals surface area contributed by atoms with E-state index < -0.39 is 0 Å². The van der Waals surface area contributed by atoms with Crippen molar-refractivity contribution in [3.63, 3.8) is 0 Å². The summed E-state index contributed by atoms with van der Waals surface area (Å²) in [6.45, 7) is 4.74. The van der Waals surface area contributed by atoms with Gasteiger partial charge in [-0.1, -0.05) is 38.8 Å². The maximum Gasteiger partial charge on any atom is 0.285 e. The molecule has 0 saturated heterocycles. The molecule has 1 aliphatic rings. The zero-order valence-corrected chi connectivity index (χ0v) is 11.4. The van der Waals surface area contributed by atoms with Crippen molar-refractivity contribution in [2.24, 2.45) is 5.92 Å².